The smallest absolute Gasteiger partial charge is 0.355 e. The molecule has 3 heterocycles. The molecule has 0 saturated heterocycles. The Morgan fingerprint density at radius 2 is 2.21 bits per heavy atom. The third kappa shape index (κ3) is 2.00. The minimum Gasteiger partial charge on any atom is -0.476 e. The summed E-state index contributed by atoms with van der Waals surface area (Å²) >= 11 is 13.4. The fourth-order valence-electron chi connectivity index (χ4n) is 1.86. The molecule has 0 aliphatic rings. The second kappa shape index (κ2) is 4.52. The van der Waals surface area contributed by atoms with E-state index in [0.717, 1.165) is 4.88 Å². The van der Waals surface area contributed by atoms with Crippen molar-refractivity contribution in [1.82, 2.24) is 9.38 Å². The van der Waals surface area contributed by atoms with Gasteiger partial charge in [-0.25, -0.2) is 9.78 Å². The zero-order chi connectivity index (χ0) is 13.6. The highest BCUT2D eigenvalue weighted by Gasteiger charge is 2.22. The van der Waals surface area contributed by atoms with Crippen LogP contribution in [0.4, 0.5) is 0 Å². The molecule has 0 amide bonds. The number of hydrogen-bond acceptors (Lipinski definition) is 3. The average molecular weight is 313 g/mol. The van der Waals surface area contributed by atoms with Crippen LogP contribution in [0.25, 0.3) is 16.2 Å². The predicted molar refractivity (Wildman–Crippen MR) is 75.5 cm³/mol. The first-order valence-electron chi connectivity index (χ1n) is 5.22. The Hall–Kier alpha value is -1.56. The first-order chi connectivity index (χ1) is 9.08. The lowest BCUT2D eigenvalue weighted by molar-refractivity contribution is 0.0690. The van der Waals surface area contributed by atoms with E-state index >= 15 is 0 Å². The molecule has 0 fully saturated rings. The standard InChI is InChI=1S/C12H6Cl2N2O2S/c13-6-4-7(14)11-15-9(8-2-1-3-19-8)10(12(17)18)16(11)5-6/h1-5H,(H,17,18). The molecule has 96 valence electrons. The van der Waals surface area contributed by atoms with Crippen LogP contribution in [0, 0.1) is 0 Å². The molecule has 1 N–H and O–H groups in total. The van der Waals surface area contributed by atoms with Crippen LogP contribution >= 0.6 is 34.5 Å². The summed E-state index contributed by atoms with van der Waals surface area (Å²) in [6, 6.07) is 5.19. The first-order valence-corrected chi connectivity index (χ1v) is 6.86. The van der Waals surface area contributed by atoms with Gasteiger partial charge in [-0.2, -0.15) is 0 Å². The number of pyridine rings is 1. The lowest BCUT2D eigenvalue weighted by Gasteiger charge is -2.00. The lowest BCUT2D eigenvalue weighted by atomic mass is 10.3. The molecule has 0 atom stereocenters. The van der Waals surface area contributed by atoms with Gasteiger partial charge in [-0.1, -0.05) is 29.3 Å². The number of hydrogen-bond donors (Lipinski definition) is 1. The second-order valence-corrected chi connectivity index (χ2v) is 5.58. The number of carbonyl (C=O) groups is 1. The maximum atomic E-state index is 11.5. The Morgan fingerprint density at radius 3 is 2.84 bits per heavy atom. The topological polar surface area (TPSA) is 54.6 Å². The van der Waals surface area contributed by atoms with Crippen molar-refractivity contribution in [3.05, 3.63) is 45.5 Å². The van der Waals surface area contributed by atoms with Gasteiger partial charge in [-0.3, -0.25) is 4.40 Å². The number of thiophene rings is 1. The number of aromatic nitrogens is 2. The molecular weight excluding hydrogens is 307 g/mol. The van der Waals surface area contributed by atoms with E-state index in [4.69, 9.17) is 23.2 Å². The van der Waals surface area contributed by atoms with Gasteiger partial charge in [0.25, 0.3) is 0 Å². The Morgan fingerprint density at radius 1 is 1.42 bits per heavy atom. The van der Waals surface area contributed by atoms with Gasteiger partial charge in [0.2, 0.25) is 0 Å². The zero-order valence-corrected chi connectivity index (χ0v) is 11.6. The molecule has 0 unspecified atom stereocenters. The fraction of sp³-hybridized carbons (Fsp3) is 0. The van der Waals surface area contributed by atoms with Gasteiger partial charge in [0.15, 0.2) is 11.3 Å². The monoisotopic (exact) mass is 312 g/mol. The average Bonchev–Trinajstić information content (AvgIpc) is 2.92. The van der Waals surface area contributed by atoms with E-state index < -0.39 is 5.97 Å². The Labute approximate surface area is 121 Å². The number of halogens is 2. The number of aromatic carboxylic acids is 1. The van der Waals surface area contributed by atoms with E-state index in [1.165, 1.54) is 28.0 Å². The molecule has 0 spiro atoms. The Bertz CT molecular complexity index is 781. The number of rotatable bonds is 2. The van der Waals surface area contributed by atoms with Gasteiger partial charge < -0.3 is 5.11 Å². The van der Waals surface area contributed by atoms with Gasteiger partial charge in [0.1, 0.15) is 5.69 Å². The highest BCUT2D eigenvalue weighted by molar-refractivity contribution is 7.13. The van der Waals surface area contributed by atoms with Crippen LogP contribution in [-0.2, 0) is 0 Å². The maximum Gasteiger partial charge on any atom is 0.355 e. The molecule has 0 aliphatic heterocycles. The number of imidazole rings is 1. The van der Waals surface area contributed by atoms with E-state index in [-0.39, 0.29) is 5.69 Å². The van der Waals surface area contributed by atoms with Crippen molar-refractivity contribution in [3.8, 4) is 10.6 Å². The first kappa shape index (κ1) is 12.5. The molecule has 4 nitrogen and oxygen atoms in total. The minimum atomic E-state index is -1.07. The van der Waals surface area contributed by atoms with Crippen LogP contribution in [0.3, 0.4) is 0 Å². The summed E-state index contributed by atoms with van der Waals surface area (Å²) in [4.78, 5) is 16.6. The van der Waals surface area contributed by atoms with Crippen LogP contribution in [0.2, 0.25) is 10.0 Å². The lowest BCUT2D eigenvalue weighted by Crippen LogP contribution is -2.03. The normalized spacial score (nSPS) is 11.1. The van der Waals surface area contributed by atoms with Gasteiger partial charge in [-0.05, 0) is 17.5 Å². The quantitative estimate of drug-likeness (QED) is 0.776. The molecule has 0 radical (unpaired) electrons. The molecular formula is C12H6Cl2N2O2S. The van der Waals surface area contributed by atoms with Crippen LogP contribution < -0.4 is 0 Å². The van der Waals surface area contributed by atoms with Crippen molar-refractivity contribution in [2.75, 3.05) is 0 Å². The Balaban J connectivity index is 2.43. The predicted octanol–water partition coefficient (Wildman–Crippen LogP) is 4.07. The molecule has 3 rings (SSSR count). The number of nitrogens with zero attached hydrogens (tertiary/aromatic N) is 2. The van der Waals surface area contributed by atoms with Gasteiger partial charge >= 0.3 is 5.97 Å². The van der Waals surface area contributed by atoms with E-state index in [0.29, 0.717) is 21.4 Å². The van der Waals surface area contributed by atoms with E-state index in [2.05, 4.69) is 4.98 Å². The van der Waals surface area contributed by atoms with Crippen molar-refractivity contribution in [2.24, 2.45) is 0 Å². The largest absolute Gasteiger partial charge is 0.476 e. The van der Waals surface area contributed by atoms with Crippen LogP contribution in [0.5, 0.6) is 0 Å². The highest BCUT2D eigenvalue weighted by atomic mass is 35.5. The van der Waals surface area contributed by atoms with Crippen molar-refractivity contribution in [2.45, 2.75) is 0 Å². The number of carboxylic acids is 1. The molecule has 7 heteroatoms. The molecule has 0 aromatic carbocycles. The van der Waals surface area contributed by atoms with Gasteiger partial charge in [0.05, 0.1) is 14.9 Å². The fourth-order valence-corrected chi connectivity index (χ4v) is 3.09. The third-order valence-electron chi connectivity index (χ3n) is 2.60. The van der Waals surface area contributed by atoms with Crippen molar-refractivity contribution in [1.29, 1.82) is 0 Å². The number of carboxylic acid groups (broad SMARTS) is 1. The summed E-state index contributed by atoms with van der Waals surface area (Å²) < 4.78 is 1.40. The highest BCUT2D eigenvalue weighted by Crippen LogP contribution is 2.31. The molecule has 0 bridgehead atoms. The molecule has 19 heavy (non-hydrogen) atoms. The Kier molecular flexibility index (Phi) is 2.97. The van der Waals surface area contributed by atoms with E-state index in [1.807, 2.05) is 17.5 Å². The van der Waals surface area contributed by atoms with Crippen molar-refractivity contribution < 1.29 is 9.90 Å². The summed E-state index contributed by atoms with van der Waals surface area (Å²) in [6.07, 6.45) is 1.50. The van der Waals surface area contributed by atoms with Gasteiger partial charge in [0, 0.05) is 6.20 Å². The van der Waals surface area contributed by atoms with E-state index in [9.17, 15) is 9.90 Å². The van der Waals surface area contributed by atoms with E-state index in [1.54, 1.807) is 0 Å². The van der Waals surface area contributed by atoms with Crippen molar-refractivity contribution in [3.63, 3.8) is 0 Å². The maximum absolute atomic E-state index is 11.5. The summed E-state index contributed by atoms with van der Waals surface area (Å²) in [6.45, 7) is 0. The van der Waals surface area contributed by atoms with Gasteiger partial charge in [-0.15, -0.1) is 11.3 Å². The third-order valence-corrected chi connectivity index (χ3v) is 3.96. The SMILES string of the molecule is O=C(O)c1c(-c2cccs2)nc2c(Cl)cc(Cl)cn12. The molecule has 0 aliphatic carbocycles. The summed E-state index contributed by atoms with van der Waals surface area (Å²) in [7, 11) is 0. The summed E-state index contributed by atoms with van der Waals surface area (Å²) in [5.74, 6) is -1.07. The molecule has 0 saturated carbocycles. The molecule has 3 aromatic heterocycles. The second-order valence-electron chi connectivity index (χ2n) is 3.79. The minimum absolute atomic E-state index is 0.0573. The summed E-state index contributed by atoms with van der Waals surface area (Å²) in [5, 5.41) is 11.9. The zero-order valence-electron chi connectivity index (χ0n) is 9.30. The van der Waals surface area contributed by atoms with Crippen LogP contribution in [0.15, 0.2) is 29.8 Å². The van der Waals surface area contributed by atoms with Crippen LogP contribution in [-0.4, -0.2) is 20.5 Å². The number of fused-ring (bicyclic) bond motifs is 1. The molecule has 3 aromatic rings. The van der Waals surface area contributed by atoms with Crippen LogP contribution in [0.1, 0.15) is 10.5 Å². The summed E-state index contributed by atoms with van der Waals surface area (Å²) in [5.41, 5.74) is 0.834. The van der Waals surface area contributed by atoms with Crippen molar-refractivity contribution >= 4 is 46.2 Å².